The van der Waals surface area contributed by atoms with E-state index in [4.69, 9.17) is 39.5 Å². The monoisotopic (exact) mass is 365 g/mol. The van der Waals surface area contributed by atoms with E-state index in [1.165, 1.54) is 12.1 Å². The number of rotatable bonds is 4. The molecule has 116 valence electrons. The van der Waals surface area contributed by atoms with Crippen LogP contribution in [0.15, 0.2) is 30.3 Å². The average molecular weight is 367 g/mol. The van der Waals surface area contributed by atoms with Crippen LogP contribution >= 0.6 is 34.8 Å². The van der Waals surface area contributed by atoms with Gasteiger partial charge in [-0.3, -0.25) is 4.79 Å². The maximum absolute atomic E-state index is 13.4. The molecular weight excluding hydrogens is 359 g/mol. The zero-order valence-corrected chi connectivity index (χ0v) is 13.1. The average Bonchev–Trinajstić information content (AvgIpc) is 2.40. The zero-order chi connectivity index (χ0) is 16.3. The Morgan fingerprint density at radius 3 is 2.32 bits per heavy atom. The molecule has 0 saturated carbocycles. The summed E-state index contributed by atoms with van der Waals surface area (Å²) in [4.78, 5) is 11.7. The molecule has 8 heteroatoms. The summed E-state index contributed by atoms with van der Waals surface area (Å²) in [5, 5.41) is 2.83. The minimum absolute atomic E-state index is 0.0856. The quantitative estimate of drug-likeness (QED) is 0.832. The molecule has 22 heavy (non-hydrogen) atoms. The smallest absolute Gasteiger partial charge is 0.262 e. The molecule has 1 amide bonds. The molecule has 0 aliphatic heterocycles. The van der Waals surface area contributed by atoms with Gasteiger partial charge in [0.15, 0.2) is 12.4 Å². The van der Waals surface area contributed by atoms with Crippen LogP contribution in [0, 0.1) is 11.6 Å². The normalized spacial score (nSPS) is 10.4. The van der Waals surface area contributed by atoms with Gasteiger partial charge in [0.1, 0.15) is 11.6 Å². The van der Waals surface area contributed by atoms with Crippen molar-refractivity contribution in [2.45, 2.75) is 0 Å². The molecule has 2 aromatic rings. The Morgan fingerprint density at radius 2 is 1.73 bits per heavy atom. The second-order valence-electron chi connectivity index (χ2n) is 4.16. The first-order chi connectivity index (χ1) is 10.4. The maximum atomic E-state index is 13.4. The molecule has 0 saturated heterocycles. The topological polar surface area (TPSA) is 38.3 Å². The first-order valence-electron chi connectivity index (χ1n) is 5.89. The number of hydrogen-bond donors (Lipinski definition) is 1. The highest BCUT2D eigenvalue weighted by atomic mass is 35.5. The van der Waals surface area contributed by atoms with Gasteiger partial charge in [0.2, 0.25) is 0 Å². The number of amides is 1. The van der Waals surface area contributed by atoms with Crippen molar-refractivity contribution in [3.05, 3.63) is 57.0 Å². The van der Waals surface area contributed by atoms with E-state index in [1.54, 1.807) is 0 Å². The Kier molecular flexibility index (Phi) is 5.45. The van der Waals surface area contributed by atoms with E-state index >= 15 is 0 Å². The van der Waals surface area contributed by atoms with Crippen LogP contribution in [0.2, 0.25) is 15.1 Å². The highest BCUT2D eigenvalue weighted by Gasteiger charge is 2.13. The van der Waals surface area contributed by atoms with Crippen molar-refractivity contribution in [2.24, 2.45) is 0 Å². The lowest BCUT2D eigenvalue weighted by Gasteiger charge is -2.11. The Hall–Kier alpha value is -1.56. The molecule has 0 fully saturated rings. The first-order valence-corrected chi connectivity index (χ1v) is 7.02. The molecule has 0 aromatic heterocycles. The first kappa shape index (κ1) is 16.8. The minimum Gasteiger partial charge on any atom is -0.481 e. The molecule has 0 unspecified atom stereocenters. The Bertz CT molecular complexity index is 702. The zero-order valence-electron chi connectivity index (χ0n) is 10.8. The largest absolute Gasteiger partial charge is 0.481 e. The lowest BCUT2D eigenvalue weighted by molar-refractivity contribution is -0.118. The molecule has 0 heterocycles. The summed E-state index contributed by atoms with van der Waals surface area (Å²) in [6, 6.07) is 5.59. The molecular formula is C14H8Cl3F2NO2. The van der Waals surface area contributed by atoms with Gasteiger partial charge in [-0.1, -0.05) is 34.8 Å². The summed E-state index contributed by atoms with van der Waals surface area (Å²) >= 11 is 17.5. The van der Waals surface area contributed by atoms with Crippen molar-refractivity contribution in [2.75, 3.05) is 11.9 Å². The third-order valence-corrected chi connectivity index (χ3v) is 3.30. The van der Waals surface area contributed by atoms with Gasteiger partial charge in [-0.2, -0.15) is 0 Å². The Balaban J connectivity index is 2.02. The molecule has 1 N–H and O–H groups in total. The molecule has 0 aliphatic carbocycles. The predicted octanol–water partition coefficient (Wildman–Crippen LogP) is 4.94. The van der Waals surface area contributed by atoms with Crippen molar-refractivity contribution < 1.29 is 18.3 Å². The Labute approximate surface area is 139 Å². The predicted molar refractivity (Wildman–Crippen MR) is 82.0 cm³/mol. The molecule has 0 radical (unpaired) electrons. The van der Waals surface area contributed by atoms with Crippen LogP contribution in [-0.4, -0.2) is 12.5 Å². The van der Waals surface area contributed by atoms with Crippen LogP contribution in [0.5, 0.6) is 5.75 Å². The highest BCUT2D eigenvalue weighted by Crippen LogP contribution is 2.35. The Morgan fingerprint density at radius 1 is 1.09 bits per heavy atom. The highest BCUT2D eigenvalue weighted by molar-refractivity contribution is 6.40. The van der Waals surface area contributed by atoms with Crippen molar-refractivity contribution in [3.8, 4) is 5.75 Å². The van der Waals surface area contributed by atoms with E-state index in [0.29, 0.717) is 11.1 Å². The van der Waals surface area contributed by atoms with Gasteiger partial charge in [-0.05, 0) is 24.3 Å². The number of carbonyl (C=O) groups is 1. The molecule has 0 atom stereocenters. The van der Waals surface area contributed by atoms with Crippen molar-refractivity contribution in [1.82, 2.24) is 0 Å². The summed E-state index contributed by atoms with van der Waals surface area (Å²) in [5.41, 5.74) is -0.164. The summed E-state index contributed by atoms with van der Waals surface area (Å²) in [7, 11) is 0. The fourth-order valence-electron chi connectivity index (χ4n) is 1.58. The van der Waals surface area contributed by atoms with E-state index in [-0.39, 0.29) is 21.5 Å². The molecule has 3 nitrogen and oxygen atoms in total. The molecule has 0 spiro atoms. The summed E-state index contributed by atoms with van der Waals surface area (Å²) < 4.78 is 31.3. The van der Waals surface area contributed by atoms with Crippen molar-refractivity contribution in [1.29, 1.82) is 0 Å². The van der Waals surface area contributed by atoms with Crippen LogP contribution in [-0.2, 0) is 4.79 Å². The lowest BCUT2D eigenvalue weighted by atomic mass is 10.3. The van der Waals surface area contributed by atoms with Gasteiger partial charge >= 0.3 is 0 Å². The van der Waals surface area contributed by atoms with E-state index < -0.39 is 24.1 Å². The number of benzene rings is 2. The number of ether oxygens (including phenoxy) is 1. The second kappa shape index (κ2) is 7.13. The number of halogens is 5. The third kappa shape index (κ3) is 4.22. The van der Waals surface area contributed by atoms with Crippen LogP contribution < -0.4 is 10.1 Å². The number of anilines is 1. The molecule has 0 bridgehead atoms. The van der Waals surface area contributed by atoms with Crippen LogP contribution in [0.1, 0.15) is 0 Å². The van der Waals surface area contributed by atoms with Crippen LogP contribution in [0.4, 0.5) is 14.5 Å². The third-order valence-electron chi connectivity index (χ3n) is 2.52. The number of carbonyl (C=O) groups excluding carboxylic acids is 1. The van der Waals surface area contributed by atoms with Crippen LogP contribution in [0.3, 0.4) is 0 Å². The summed E-state index contributed by atoms with van der Waals surface area (Å²) in [5.74, 6) is -2.21. The van der Waals surface area contributed by atoms with Gasteiger partial charge in [0, 0.05) is 11.1 Å². The van der Waals surface area contributed by atoms with Gasteiger partial charge in [0.05, 0.1) is 15.7 Å². The van der Waals surface area contributed by atoms with Crippen molar-refractivity contribution in [3.63, 3.8) is 0 Å². The van der Waals surface area contributed by atoms with Gasteiger partial charge in [-0.15, -0.1) is 0 Å². The van der Waals surface area contributed by atoms with Gasteiger partial charge in [0.25, 0.3) is 5.91 Å². The number of nitrogens with one attached hydrogen (secondary N) is 1. The fraction of sp³-hybridized carbons (Fsp3) is 0.0714. The summed E-state index contributed by atoms with van der Waals surface area (Å²) in [6.07, 6.45) is 0. The lowest BCUT2D eigenvalue weighted by Crippen LogP contribution is -2.21. The van der Waals surface area contributed by atoms with Gasteiger partial charge < -0.3 is 10.1 Å². The van der Waals surface area contributed by atoms with E-state index in [2.05, 4.69) is 5.32 Å². The molecule has 0 aliphatic rings. The maximum Gasteiger partial charge on any atom is 0.262 e. The van der Waals surface area contributed by atoms with E-state index in [9.17, 15) is 13.6 Å². The number of hydrogen-bond acceptors (Lipinski definition) is 2. The van der Waals surface area contributed by atoms with E-state index in [1.807, 2.05) is 0 Å². The SMILES string of the molecule is O=C(COc1c(Cl)cc(Cl)cc1Cl)Nc1ccc(F)cc1F. The second-order valence-corrected chi connectivity index (χ2v) is 5.41. The minimum atomic E-state index is -0.893. The molecule has 2 rings (SSSR count). The summed E-state index contributed by atoms with van der Waals surface area (Å²) in [6.45, 7) is -0.460. The fourth-order valence-corrected chi connectivity index (χ4v) is 2.51. The molecule has 2 aromatic carbocycles. The van der Waals surface area contributed by atoms with Gasteiger partial charge in [-0.25, -0.2) is 8.78 Å². The van der Waals surface area contributed by atoms with Crippen LogP contribution in [0.25, 0.3) is 0 Å². The van der Waals surface area contributed by atoms with E-state index in [0.717, 1.165) is 12.1 Å². The van der Waals surface area contributed by atoms with Crippen molar-refractivity contribution >= 4 is 46.4 Å². The standard InChI is InChI=1S/C14H8Cl3F2NO2/c15-7-3-9(16)14(10(17)4-7)22-6-13(21)20-12-2-1-8(18)5-11(12)19/h1-5H,6H2,(H,20,21).